The van der Waals surface area contributed by atoms with Crippen LogP contribution in [0.15, 0.2) is 27.8 Å². The predicted octanol–water partition coefficient (Wildman–Crippen LogP) is -0.896. The highest BCUT2D eigenvalue weighted by Gasteiger charge is 2.33. The minimum atomic E-state index is -4.89. The van der Waals surface area contributed by atoms with Crippen LogP contribution in [0.3, 0.4) is 0 Å². The number of halogens is 1. The van der Waals surface area contributed by atoms with Crippen LogP contribution >= 0.6 is 19.4 Å². The van der Waals surface area contributed by atoms with E-state index in [1.165, 1.54) is 17.0 Å². The van der Waals surface area contributed by atoms with Crippen LogP contribution in [-0.2, 0) is 9.09 Å². The fourth-order valence-electron chi connectivity index (χ4n) is 2.90. The van der Waals surface area contributed by atoms with Crippen molar-refractivity contribution in [3.05, 3.63) is 44.1 Å². The Kier molecular flexibility index (Phi) is 6.36. The number of anilines is 4. The van der Waals surface area contributed by atoms with E-state index in [0.29, 0.717) is 16.4 Å². The smallest absolute Gasteiger partial charge is 0.388 e. The summed E-state index contributed by atoms with van der Waals surface area (Å²) in [5, 5.41) is 33.5. The average Bonchev–Trinajstić information content (AvgIpc) is 2.65. The van der Waals surface area contributed by atoms with Gasteiger partial charge in [-0.15, -0.1) is 0 Å². The lowest BCUT2D eigenvalue weighted by atomic mass is 10.1. The molecule has 13 nitrogen and oxygen atoms in total. The summed E-state index contributed by atoms with van der Waals surface area (Å²) in [4.78, 5) is 47.1. The number of aromatic nitrogens is 2. The van der Waals surface area contributed by atoms with E-state index in [0.717, 1.165) is 0 Å². The zero-order chi connectivity index (χ0) is 22.2. The summed E-state index contributed by atoms with van der Waals surface area (Å²) in [5.74, 6) is -0.00854. The molecule has 0 spiro atoms. The van der Waals surface area contributed by atoms with Crippen LogP contribution in [0.4, 0.5) is 22.9 Å². The summed E-state index contributed by atoms with van der Waals surface area (Å²) in [7, 11) is -4.89. The van der Waals surface area contributed by atoms with Gasteiger partial charge in [-0.2, -0.15) is 0 Å². The molecule has 2 aromatic rings. The van der Waals surface area contributed by atoms with E-state index in [1.54, 1.807) is 6.07 Å². The van der Waals surface area contributed by atoms with Gasteiger partial charge in [0.25, 0.3) is 5.56 Å². The fraction of sp³-hybridized carbons (Fsp3) is 0.333. The lowest BCUT2D eigenvalue weighted by Gasteiger charge is -2.35. The van der Waals surface area contributed by atoms with Gasteiger partial charge < -0.3 is 35.3 Å². The quantitative estimate of drug-likeness (QED) is 0.235. The number of aliphatic hydroxyl groups excluding tert-OH is 3. The first-order chi connectivity index (χ1) is 14.0. The monoisotopic (exact) mass is 464 g/mol. The van der Waals surface area contributed by atoms with Crippen molar-refractivity contribution in [2.45, 2.75) is 18.3 Å². The van der Waals surface area contributed by atoms with Crippen molar-refractivity contribution in [3.63, 3.8) is 0 Å². The number of fused-ring (bicyclic) bond motifs is 2. The Bertz CT molecular complexity index is 1100. The molecule has 1 aromatic heterocycles. The molecule has 0 saturated carbocycles. The van der Waals surface area contributed by atoms with Gasteiger partial charge in [0.15, 0.2) is 0 Å². The van der Waals surface area contributed by atoms with E-state index in [1.807, 2.05) is 0 Å². The topological polar surface area (TPSA) is 208 Å². The Balaban J connectivity index is 1.91. The molecule has 1 aliphatic heterocycles. The summed E-state index contributed by atoms with van der Waals surface area (Å²) in [6.45, 7) is -1.36. The van der Waals surface area contributed by atoms with Gasteiger partial charge in [-0.3, -0.25) is 19.3 Å². The van der Waals surface area contributed by atoms with Gasteiger partial charge in [0.1, 0.15) is 29.8 Å². The Morgan fingerprint density at radius 3 is 2.50 bits per heavy atom. The second kappa shape index (κ2) is 8.49. The van der Waals surface area contributed by atoms with Crippen LogP contribution in [0, 0.1) is 0 Å². The van der Waals surface area contributed by atoms with Crippen molar-refractivity contribution in [3.8, 4) is 0 Å². The number of β-amino-alcohol motifs (C(OH)–C–C–N with tert-alkyl or cyclic N) is 1. The van der Waals surface area contributed by atoms with E-state index < -0.39 is 50.5 Å². The molecule has 1 aliphatic rings. The molecule has 3 atom stereocenters. The van der Waals surface area contributed by atoms with Crippen molar-refractivity contribution < 1.29 is 34.2 Å². The zero-order valence-corrected chi connectivity index (χ0v) is 16.7. The molecule has 2 heterocycles. The molecule has 0 saturated heterocycles. The summed E-state index contributed by atoms with van der Waals surface area (Å²) >= 11 is 5.98. The van der Waals surface area contributed by atoms with Crippen molar-refractivity contribution >= 4 is 42.3 Å². The maximum absolute atomic E-state index is 12.2. The molecule has 15 heteroatoms. The number of aromatic amines is 2. The normalized spacial score (nSPS) is 16.3. The molecule has 0 bridgehead atoms. The molecule has 164 valence electrons. The minimum Gasteiger partial charge on any atom is -0.388 e. The van der Waals surface area contributed by atoms with E-state index in [2.05, 4.69) is 19.8 Å². The number of benzene rings is 1. The number of nitrogens with one attached hydrogen (secondary N) is 3. The van der Waals surface area contributed by atoms with Crippen molar-refractivity contribution in [1.29, 1.82) is 0 Å². The van der Waals surface area contributed by atoms with E-state index in [4.69, 9.17) is 21.4 Å². The number of hydrogen-bond acceptors (Lipinski definition) is 9. The molecular weight excluding hydrogens is 447 g/mol. The van der Waals surface area contributed by atoms with Crippen LogP contribution in [0.25, 0.3) is 0 Å². The fourth-order valence-corrected chi connectivity index (χ4v) is 3.42. The van der Waals surface area contributed by atoms with Crippen molar-refractivity contribution in [2.75, 3.05) is 23.4 Å². The maximum atomic E-state index is 12.2. The average molecular weight is 465 g/mol. The number of hydrogen-bond donors (Lipinski definition) is 8. The number of rotatable bonds is 7. The SMILES string of the molecule is O=c1[nH]c2c(c(=O)[nH]1)Nc1cc(Cl)ccc1N2C[C@H](O)[C@H](O)[C@H](O)COP(=O)(O)O. The Morgan fingerprint density at radius 2 is 1.83 bits per heavy atom. The number of H-pyrrole nitrogens is 2. The van der Waals surface area contributed by atoms with Gasteiger partial charge in [-0.05, 0) is 18.2 Å². The second-order valence-electron chi connectivity index (χ2n) is 6.44. The van der Waals surface area contributed by atoms with Crippen LogP contribution in [0.5, 0.6) is 0 Å². The van der Waals surface area contributed by atoms with Crippen LogP contribution in [0.2, 0.25) is 5.02 Å². The Hall–Kier alpha value is -2.22. The predicted molar refractivity (Wildman–Crippen MR) is 105 cm³/mol. The first kappa shape index (κ1) is 22.5. The van der Waals surface area contributed by atoms with Gasteiger partial charge in [0.2, 0.25) is 0 Å². The maximum Gasteiger partial charge on any atom is 0.469 e. The van der Waals surface area contributed by atoms with Crippen LogP contribution < -0.4 is 21.5 Å². The molecule has 1 aromatic carbocycles. The Morgan fingerprint density at radius 1 is 1.13 bits per heavy atom. The van der Waals surface area contributed by atoms with Gasteiger partial charge in [0.05, 0.1) is 24.5 Å². The number of phosphoric acid groups is 1. The van der Waals surface area contributed by atoms with Crippen molar-refractivity contribution in [1.82, 2.24) is 9.97 Å². The van der Waals surface area contributed by atoms with E-state index in [9.17, 15) is 29.5 Å². The molecule has 0 amide bonds. The van der Waals surface area contributed by atoms with Gasteiger partial charge in [0, 0.05) is 5.02 Å². The molecule has 0 radical (unpaired) electrons. The van der Waals surface area contributed by atoms with Gasteiger partial charge >= 0.3 is 13.5 Å². The molecule has 0 aliphatic carbocycles. The molecular formula is C15H18ClN4O9P. The molecule has 0 fully saturated rings. The lowest BCUT2D eigenvalue weighted by molar-refractivity contribution is -0.0717. The third-order valence-corrected chi connectivity index (χ3v) is 4.99. The van der Waals surface area contributed by atoms with Gasteiger partial charge in [-0.25, -0.2) is 9.36 Å². The van der Waals surface area contributed by atoms with Crippen LogP contribution in [-0.4, -0.2) is 66.5 Å². The third kappa shape index (κ3) is 4.91. The highest BCUT2D eigenvalue weighted by Crippen LogP contribution is 2.41. The van der Waals surface area contributed by atoms with Gasteiger partial charge in [-0.1, -0.05) is 11.6 Å². The number of aliphatic hydroxyl groups is 3. The van der Waals surface area contributed by atoms with Crippen molar-refractivity contribution in [2.24, 2.45) is 0 Å². The number of phosphoric ester groups is 1. The van der Waals surface area contributed by atoms with E-state index in [-0.39, 0.29) is 11.5 Å². The summed E-state index contributed by atoms with van der Waals surface area (Å²) in [6, 6.07) is 4.57. The first-order valence-electron chi connectivity index (χ1n) is 8.41. The largest absolute Gasteiger partial charge is 0.469 e. The first-order valence-corrected chi connectivity index (χ1v) is 10.3. The summed E-state index contributed by atoms with van der Waals surface area (Å²) in [6.07, 6.45) is -5.39. The van der Waals surface area contributed by atoms with E-state index >= 15 is 0 Å². The second-order valence-corrected chi connectivity index (χ2v) is 8.12. The minimum absolute atomic E-state index is 0.00854. The third-order valence-electron chi connectivity index (χ3n) is 4.27. The molecule has 0 unspecified atom stereocenters. The highest BCUT2D eigenvalue weighted by molar-refractivity contribution is 7.46. The standard InChI is InChI=1S/C15H18ClN4O9P/c16-6-1-2-8-7(3-6)17-11-13(18-15(25)19-14(11)24)20(8)4-9(21)12(23)10(22)5-29-30(26,27)28/h1-3,9-10,12,17,21-23H,4-5H2,(H2,26,27,28)(H2,18,19,24,25)/t9-,10+,12-/m0/s1. The Labute approximate surface area is 172 Å². The van der Waals surface area contributed by atoms with Crippen LogP contribution in [0.1, 0.15) is 0 Å². The number of nitrogens with zero attached hydrogens (tertiary/aromatic N) is 1. The molecule has 3 rings (SSSR count). The molecule has 30 heavy (non-hydrogen) atoms. The summed E-state index contributed by atoms with van der Waals surface area (Å²) in [5.41, 5.74) is -0.834. The molecule has 8 N–H and O–H groups in total. The lowest BCUT2D eigenvalue weighted by Crippen LogP contribution is -2.46. The summed E-state index contributed by atoms with van der Waals surface area (Å²) < 4.78 is 14.9. The zero-order valence-electron chi connectivity index (χ0n) is 15.0. The highest BCUT2D eigenvalue weighted by atomic mass is 35.5.